The van der Waals surface area contributed by atoms with Crippen molar-refractivity contribution in [2.75, 3.05) is 13.2 Å². The van der Waals surface area contributed by atoms with Crippen LogP contribution in [0.1, 0.15) is 33.1 Å². The topological polar surface area (TPSA) is 21.3 Å². The molecule has 0 bridgehead atoms. The first-order chi connectivity index (χ1) is 8.59. The second-order valence-corrected chi connectivity index (χ2v) is 5.45. The van der Waals surface area contributed by atoms with Gasteiger partial charge in [-0.3, -0.25) is 0 Å². The van der Waals surface area contributed by atoms with E-state index >= 15 is 0 Å². The third-order valence-electron chi connectivity index (χ3n) is 2.53. The molecular formula is C14H21BrFNO. The molecule has 1 rings (SSSR count). The van der Waals surface area contributed by atoms with Crippen molar-refractivity contribution in [3.8, 4) is 5.75 Å². The van der Waals surface area contributed by atoms with Crippen LogP contribution in [0.2, 0.25) is 0 Å². The van der Waals surface area contributed by atoms with Crippen LogP contribution in [0.4, 0.5) is 4.39 Å². The lowest BCUT2D eigenvalue weighted by atomic mass is 10.2. The van der Waals surface area contributed by atoms with Gasteiger partial charge in [0.1, 0.15) is 11.6 Å². The number of unbranched alkanes of at least 4 members (excludes halogenated alkanes) is 2. The Morgan fingerprint density at radius 1 is 1.28 bits per heavy atom. The summed E-state index contributed by atoms with van der Waals surface area (Å²) in [5.74, 6) is 0.450. The van der Waals surface area contributed by atoms with Crippen LogP contribution in [0.3, 0.4) is 0 Å². The van der Waals surface area contributed by atoms with Crippen molar-refractivity contribution in [2.45, 2.75) is 39.2 Å². The van der Waals surface area contributed by atoms with Gasteiger partial charge in [0.25, 0.3) is 0 Å². The first-order valence-corrected chi connectivity index (χ1v) is 7.20. The molecule has 0 saturated carbocycles. The van der Waals surface area contributed by atoms with Crippen molar-refractivity contribution in [1.82, 2.24) is 5.32 Å². The van der Waals surface area contributed by atoms with Gasteiger partial charge < -0.3 is 10.1 Å². The summed E-state index contributed by atoms with van der Waals surface area (Å²) in [6, 6.07) is 5.28. The molecule has 1 N–H and O–H groups in total. The van der Waals surface area contributed by atoms with E-state index in [2.05, 4.69) is 35.1 Å². The third kappa shape index (κ3) is 6.36. The highest BCUT2D eigenvalue weighted by Crippen LogP contribution is 2.21. The van der Waals surface area contributed by atoms with Gasteiger partial charge in [-0.05, 0) is 59.9 Å². The lowest BCUT2D eigenvalue weighted by molar-refractivity contribution is 0.304. The van der Waals surface area contributed by atoms with E-state index in [1.54, 1.807) is 12.1 Å². The molecule has 0 spiro atoms. The minimum atomic E-state index is -0.262. The van der Waals surface area contributed by atoms with Crippen LogP contribution in [0.15, 0.2) is 22.7 Å². The summed E-state index contributed by atoms with van der Waals surface area (Å²) >= 11 is 3.14. The summed E-state index contributed by atoms with van der Waals surface area (Å²) < 4.78 is 19.0. The highest BCUT2D eigenvalue weighted by atomic mass is 79.9. The van der Waals surface area contributed by atoms with Gasteiger partial charge in [-0.1, -0.05) is 13.8 Å². The Bertz CT molecular complexity index is 358. The van der Waals surface area contributed by atoms with E-state index in [1.807, 2.05) is 0 Å². The Balaban J connectivity index is 2.09. The largest absolute Gasteiger partial charge is 0.494 e. The molecule has 0 amide bonds. The van der Waals surface area contributed by atoms with E-state index < -0.39 is 0 Å². The maximum absolute atomic E-state index is 13.0. The average Bonchev–Trinajstić information content (AvgIpc) is 2.32. The number of hydrogen-bond acceptors (Lipinski definition) is 2. The monoisotopic (exact) mass is 317 g/mol. The van der Waals surface area contributed by atoms with Crippen LogP contribution in [-0.2, 0) is 0 Å². The number of benzene rings is 1. The molecule has 0 aliphatic carbocycles. The predicted octanol–water partition coefficient (Wildman–Crippen LogP) is 4.14. The van der Waals surface area contributed by atoms with E-state index in [4.69, 9.17) is 4.74 Å². The zero-order valence-corrected chi connectivity index (χ0v) is 12.6. The zero-order valence-electron chi connectivity index (χ0n) is 11.0. The summed E-state index contributed by atoms with van der Waals surface area (Å²) in [4.78, 5) is 0. The van der Waals surface area contributed by atoms with Crippen LogP contribution in [0, 0.1) is 5.82 Å². The normalized spacial score (nSPS) is 10.9. The van der Waals surface area contributed by atoms with Crippen LogP contribution in [0.5, 0.6) is 5.75 Å². The average molecular weight is 318 g/mol. The molecule has 0 radical (unpaired) electrons. The van der Waals surface area contributed by atoms with Crippen LogP contribution >= 0.6 is 15.9 Å². The van der Waals surface area contributed by atoms with Crippen molar-refractivity contribution >= 4 is 15.9 Å². The molecule has 0 aliphatic heterocycles. The summed E-state index contributed by atoms with van der Waals surface area (Å²) in [7, 11) is 0. The van der Waals surface area contributed by atoms with Crippen LogP contribution in [-0.4, -0.2) is 19.2 Å². The molecule has 18 heavy (non-hydrogen) atoms. The second-order valence-electron chi connectivity index (χ2n) is 4.59. The Morgan fingerprint density at radius 2 is 2.06 bits per heavy atom. The van der Waals surface area contributed by atoms with E-state index in [9.17, 15) is 4.39 Å². The fourth-order valence-corrected chi connectivity index (χ4v) is 1.91. The maximum Gasteiger partial charge on any atom is 0.137 e. The molecule has 2 nitrogen and oxygen atoms in total. The van der Waals surface area contributed by atoms with Crippen LogP contribution < -0.4 is 10.1 Å². The summed E-state index contributed by atoms with van der Waals surface area (Å²) in [5, 5.41) is 3.38. The first kappa shape index (κ1) is 15.4. The molecule has 0 aliphatic rings. The highest BCUT2D eigenvalue weighted by Gasteiger charge is 2.01. The Labute approximate surface area is 117 Å². The van der Waals surface area contributed by atoms with Crippen molar-refractivity contribution in [3.05, 3.63) is 28.5 Å². The summed E-state index contributed by atoms with van der Waals surface area (Å²) in [6.07, 6.45) is 3.32. The van der Waals surface area contributed by atoms with Crippen molar-refractivity contribution in [1.29, 1.82) is 0 Å². The molecule has 0 aromatic heterocycles. The highest BCUT2D eigenvalue weighted by molar-refractivity contribution is 9.10. The summed E-state index contributed by atoms with van der Waals surface area (Å²) in [6.45, 7) is 6.03. The number of rotatable bonds is 8. The minimum Gasteiger partial charge on any atom is -0.494 e. The van der Waals surface area contributed by atoms with Gasteiger partial charge in [-0.25, -0.2) is 4.39 Å². The van der Waals surface area contributed by atoms with Gasteiger partial charge >= 0.3 is 0 Å². The van der Waals surface area contributed by atoms with Crippen LogP contribution in [0.25, 0.3) is 0 Å². The summed E-state index contributed by atoms with van der Waals surface area (Å²) in [5.41, 5.74) is 0. The standard InChI is InChI=1S/C14H21BrFNO/c1-11(2)17-8-4-3-5-9-18-12-6-7-14(16)13(15)10-12/h6-7,10-11,17H,3-5,8-9H2,1-2H3. The Hall–Kier alpha value is -0.610. The zero-order chi connectivity index (χ0) is 13.4. The Kier molecular flexibility index (Phi) is 7.28. The predicted molar refractivity (Wildman–Crippen MR) is 76.6 cm³/mol. The molecule has 0 heterocycles. The lowest BCUT2D eigenvalue weighted by Crippen LogP contribution is -2.23. The molecule has 0 atom stereocenters. The quantitative estimate of drug-likeness (QED) is 0.728. The molecule has 0 saturated heterocycles. The number of ether oxygens (including phenoxy) is 1. The minimum absolute atomic E-state index is 0.262. The van der Waals surface area contributed by atoms with Crippen molar-refractivity contribution in [3.63, 3.8) is 0 Å². The smallest absolute Gasteiger partial charge is 0.137 e. The first-order valence-electron chi connectivity index (χ1n) is 6.41. The van der Waals surface area contributed by atoms with E-state index in [-0.39, 0.29) is 5.82 Å². The molecule has 1 aromatic carbocycles. The fraction of sp³-hybridized carbons (Fsp3) is 0.571. The SMILES string of the molecule is CC(C)NCCCCCOc1ccc(F)c(Br)c1. The number of halogens is 2. The molecular weight excluding hydrogens is 297 g/mol. The second kappa shape index (κ2) is 8.48. The van der Waals surface area contributed by atoms with Gasteiger partial charge in [-0.15, -0.1) is 0 Å². The molecule has 4 heteroatoms. The van der Waals surface area contributed by atoms with E-state index in [0.717, 1.165) is 25.8 Å². The van der Waals surface area contributed by atoms with E-state index in [0.29, 0.717) is 22.9 Å². The van der Waals surface area contributed by atoms with Gasteiger partial charge in [0.15, 0.2) is 0 Å². The molecule has 0 unspecified atom stereocenters. The lowest BCUT2D eigenvalue weighted by Gasteiger charge is -2.08. The maximum atomic E-state index is 13.0. The van der Waals surface area contributed by atoms with Crippen molar-refractivity contribution < 1.29 is 9.13 Å². The van der Waals surface area contributed by atoms with Gasteiger partial charge in [0, 0.05) is 6.04 Å². The van der Waals surface area contributed by atoms with E-state index in [1.165, 1.54) is 6.07 Å². The molecule has 102 valence electrons. The van der Waals surface area contributed by atoms with Gasteiger partial charge in [0.2, 0.25) is 0 Å². The van der Waals surface area contributed by atoms with Gasteiger partial charge in [0.05, 0.1) is 11.1 Å². The van der Waals surface area contributed by atoms with Crippen molar-refractivity contribution in [2.24, 2.45) is 0 Å². The number of nitrogens with one attached hydrogen (secondary N) is 1. The van der Waals surface area contributed by atoms with Gasteiger partial charge in [-0.2, -0.15) is 0 Å². The Morgan fingerprint density at radius 3 is 2.72 bits per heavy atom. The molecule has 0 fully saturated rings. The fourth-order valence-electron chi connectivity index (χ4n) is 1.55. The number of hydrogen-bond donors (Lipinski definition) is 1. The molecule has 1 aromatic rings. The third-order valence-corrected chi connectivity index (χ3v) is 3.14.